The molecule has 0 spiro atoms. The number of hydrogen-bond donors (Lipinski definition) is 1. The second-order valence-corrected chi connectivity index (χ2v) is 5.10. The molecule has 1 N–H and O–H groups in total. The standard InChI is InChI=1S/C12H13Cl2N3O2/c1-2-9-12(19)16-11(18)6-17(9)5-8-7(13)3-4-10(14)15-8/h3-4,9H,2,5-6H2,1H3,(H,16,18,19). The SMILES string of the molecule is CCC1C(=O)NC(=O)CN1Cc1nc(Cl)ccc1Cl. The molecule has 5 nitrogen and oxygen atoms in total. The van der Waals surface area contributed by atoms with Gasteiger partial charge in [0.25, 0.3) is 0 Å². The Hall–Kier alpha value is -1.17. The Bertz CT molecular complexity index is 522. The maximum absolute atomic E-state index is 11.7. The molecule has 0 bridgehead atoms. The number of rotatable bonds is 3. The third-order valence-corrected chi connectivity index (χ3v) is 3.53. The van der Waals surface area contributed by atoms with Crippen molar-refractivity contribution in [3.05, 3.63) is 28.0 Å². The molecule has 0 aliphatic carbocycles. The van der Waals surface area contributed by atoms with Crippen molar-refractivity contribution in [2.45, 2.75) is 25.9 Å². The molecule has 1 unspecified atom stereocenters. The van der Waals surface area contributed by atoms with E-state index in [1.165, 1.54) is 0 Å². The summed E-state index contributed by atoms with van der Waals surface area (Å²) in [4.78, 5) is 29.1. The van der Waals surface area contributed by atoms with Crippen LogP contribution in [0.5, 0.6) is 0 Å². The summed E-state index contributed by atoms with van der Waals surface area (Å²) >= 11 is 11.9. The van der Waals surface area contributed by atoms with Crippen molar-refractivity contribution in [2.24, 2.45) is 0 Å². The first-order valence-corrected chi connectivity index (χ1v) is 6.65. The average Bonchev–Trinajstić information content (AvgIpc) is 2.33. The second-order valence-electron chi connectivity index (χ2n) is 4.30. The van der Waals surface area contributed by atoms with Gasteiger partial charge in [0, 0.05) is 6.54 Å². The fourth-order valence-corrected chi connectivity index (χ4v) is 2.42. The van der Waals surface area contributed by atoms with Crippen molar-refractivity contribution < 1.29 is 9.59 Å². The van der Waals surface area contributed by atoms with E-state index in [-0.39, 0.29) is 24.4 Å². The third-order valence-electron chi connectivity index (χ3n) is 2.98. The van der Waals surface area contributed by atoms with E-state index >= 15 is 0 Å². The molecule has 102 valence electrons. The highest BCUT2D eigenvalue weighted by atomic mass is 35.5. The van der Waals surface area contributed by atoms with Crippen LogP contribution in [-0.2, 0) is 16.1 Å². The number of hydrogen-bond acceptors (Lipinski definition) is 4. The molecule has 1 aliphatic rings. The third kappa shape index (κ3) is 3.23. The van der Waals surface area contributed by atoms with Gasteiger partial charge in [-0.25, -0.2) is 4.98 Å². The Kier molecular flexibility index (Phi) is 4.39. The van der Waals surface area contributed by atoms with Gasteiger partial charge in [-0.3, -0.25) is 19.8 Å². The van der Waals surface area contributed by atoms with Crippen LogP contribution in [0, 0.1) is 0 Å². The molecule has 0 saturated carbocycles. The van der Waals surface area contributed by atoms with Crippen LogP contribution in [0.2, 0.25) is 10.2 Å². The van der Waals surface area contributed by atoms with Gasteiger partial charge in [-0.15, -0.1) is 0 Å². The molecule has 1 saturated heterocycles. The molecular formula is C12H13Cl2N3O2. The molecule has 19 heavy (non-hydrogen) atoms. The van der Waals surface area contributed by atoms with Crippen molar-refractivity contribution in [2.75, 3.05) is 6.54 Å². The molecule has 1 fully saturated rings. The van der Waals surface area contributed by atoms with Gasteiger partial charge in [-0.05, 0) is 18.6 Å². The lowest BCUT2D eigenvalue weighted by Gasteiger charge is -2.33. The lowest BCUT2D eigenvalue weighted by Crippen LogP contribution is -2.57. The van der Waals surface area contributed by atoms with E-state index in [9.17, 15) is 9.59 Å². The van der Waals surface area contributed by atoms with Crippen LogP contribution in [0.25, 0.3) is 0 Å². The summed E-state index contributed by atoms with van der Waals surface area (Å²) in [7, 11) is 0. The highest BCUT2D eigenvalue weighted by Gasteiger charge is 2.32. The van der Waals surface area contributed by atoms with E-state index in [1.807, 2.05) is 6.92 Å². The zero-order chi connectivity index (χ0) is 14.0. The molecule has 0 aromatic carbocycles. The first kappa shape index (κ1) is 14.2. The lowest BCUT2D eigenvalue weighted by molar-refractivity contribution is -0.140. The molecule has 0 radical (unpaired) electrons. The minimum Gasteiger partial charge on any atom is -0.294 e. The van der Waals surface area contributed by atoms with Gasteiger partial charge < -0.3 is 0 Å². The monoisotopic (exact) mass is 301 g/mol. The fraction of sp³-hybridized carbons (Fsp3) is 0.417. The van der Waals surface area contributed by atoms with E-state index in [0.29, 0.717) is 28.8 Å². The van der Waals surface area contributed by atoms with Gasteiger partial charge >= 0.3 is 0 Å². The van der Waals surface area contributed by atoms with Gasteiger partial charge in [0.1, 0.15) is 5.15 Å². The van der Waals surface area contributed by atoms with Crippen LogP contribution < -0.4 is 5.32 Å². The van der Waals surface area contributed by atoms with Gasteiger partial charge in [-0.2, -0.15) is 0 Å². The van der Waals surface area contributed by atoms with Crippen LogP contribution in [0.3, 0.4) is 0 Å². The second kappa shape index (κ2) is 5.86. The Morgan fingerprint density at radius 2 is 2.16 bits per heavy atom. The highest BCUT2D eigenvalue weighted by molar-refractivity contribution is 6.32. The number of halogens is 2. The Morgan fingerprint density at radius 3 is 2.84 bits per heavy atom. The summed E-state index contributed by atoms with van der Waals surface area (Å²) in [6.45, 7) is 2.35. The van der Waals surface area contributed by atoms with E-state index in [4.69, 9.17) is 23.2 Å². The molecule has 1 aromatic rings. The number of piperazine rings is 1. The van der Waals surface area contributed by atoms with Crippen LogP contribution in [0.1, 0.15) is 19.0 Å². The van der Waals surface area contributed by atoms with Crippen molar-refractivity contribution >= 4 is 35.0 Å². The zero-order valence-corrected chi connectivity index (χ0v) is 11.8. The molecule has 2 amide bonds. The quantitative estimate of drug-likeness (QED) is 0.681. The van der Waals surface area contributed by atoms with Gasteiger partial charge in [0.05, 0.1) is 23.3 Å². The van der Waals surface area contributed by atoms with Gasteiger partial charge in [-0.1, -0.05) is 30.1 Å². The molecule has 1 atom stereocenters. The number of carbonyl (C=O) groups excluding carboxylic acids is 2. The number of aromatic nitrogens is 1. The predicted octanol–water partition coefficient (Wildman–Crippen LogP) is 1.63. The van der Waals surface area contributed by atoms with E-state index in [2.05, 4.69) is 10.3 Å². The van der Waals surface area contributed by atoms with Crippen molar-refractivity contribution in [1.29, 1.82) is 0 Å². The van der Waals surface area contributed by atoms with Crippen molar-refractivity contribution in [3.8, 4) is 0 Å². The van der Waals surface area contributed by atoms with Crippen molar-refractivity contribution in [1.82, 2.24) is 15.2 Å². The topological polar surface area (TPSA) is 62.3 Å². The lowest BCUT2D eigenvalue weighted by atomic mass is 10.1. The Labute approximate surface area is 120 Å². The number of imide groups is 1. The Morgan fingerprint density at radius 1 is 1.42 bits per heavy atom. The summed E-state index contributed by atoms with van der Waals surface area (Å²) in [6, 6.07) is 2.90. The summed E-state index contributed by atoms with van der Waals surface area (Å²) in [5.41, 5.74) is 0.565. The van der Waals surface area contributed by atoms with E-state index < -0.39 is 0 Å². The molecule has 1 aromatic heterocycles. The number of pyridine rings is 1. The summed E-state index contributed by atoms with van der Waals surface area (Å²) in [5.74, 6) is -0.593. The maximum Gasteiger partial charge on any atom is 0.243 e. The smallest absolute Gasteiger partial charge is 0.243 e. The number of nitrogens with one attached hydrogen (secondary N) is 1. The van der Waals surface area contributed by atoms with Gasteiger partial charge in [0.15, 0.2) is 0 Å². The minimum absolute atomic E-state index is 0.148. The first-order valence-electron chi connectivity index (χ1n) is 5.90. The Balaban J connectivity index is 2.22. The molecule has 2 rings (SSSR count). The van der Waals surface area contributed by atoms with Crippen molar-refractivity contribution in [3.63, 3.8) is 0 Å². The molecule has 2 heterocycles. The van der Waals surface area contributed by atoms with Crippen LogP contribution in [0.4, 0.5) is 0 Å². The number of amides is 2. The predicted molar refractivity (Wildman–Crippen MR) is 71.9 cm³/mol. The van der Waals surface area contributed by atoms with Gasteiger partial charge in [0.2, 0.25) is 11.8 Å². The number of nitrogens with zero attached hydrogens (tertiary/aromatic N) is 2. The van der Waals surface area contributed by atoms with Crippen LogP contribution >= 0.6 is 23.2 Å². The normalized spacial score (nSPS) is 20.5. The van der Waals surface area contributed by atoms with E-state index in [0.717, 1.165) is 0 Å². The summed E-state index contributed by atoms with van der Waals surface area (Å²) in [5, 5.41) is 3.13. The average molecular weight is 302 g/mol. The van der Waals surface area contributed by atoms with E-state index in [1.54, 1.807) is 17.0 Å². The summed E-state index contributed by atoms with van der Waals surface area (Å²) in [6.07, 6.45) is 0.608. The maximum atomic E-state index is 11.7. The minimum atomic E-state index is -0.352. The molecule has 1 aliphatic heterocycles. The van der Waals surface area contributed by atoms with Crippen LogP contribution in [0.15, 0.2) is 12.1 Å². The summed E-state index contributed by atoms with van der Waals surface area (Å²) < 4.78 is 0. The number of carbonyl (C=O) groups is 2. The largest absolute Gasteiger partial charge is 0.294 e. The zero-order valence-electron chi connectivity index (χ0n) is 10.3. The highest BCUT2D eigenvalue weighted by Crippen LogP contribution is 2.21. The molecular weight excluding hydrogens is 289 g/mol. The van der Waals surface area contributed by atoms with Crippen LogP contribution in [-0.4, -0.2) is 34.3 Å². The molecule has 7 heteroatoms. The fourth-order valence-electron chi connectivity index (χ4n) is 2.09. The first-order chi connectivity index (χ1) is 9.01.